The normalized spacial score (nSPS) is 18.2. The van der Waals surface area contributed by atoms with Crippen LogP contribution in [0.5, 0.6) is 5.75 Å². The van der Waals surface area contributed by atoms with Gasteiger partial charge in [0.1, 0.15) is 17.9 Å². The lowest BCUT2D eigenvalue weighted by molar-refractivity contribution is -0.131. The lowest BCUT2D eigenvalue weighted by Gasteiger charge is -2.31. The number of rotatable bonds is 5. The summed E-state index contributed by atoms with van der Waals surface area (Å²) in [4.78, 5) is 38.7. The minimum atomic E-state index is -0.657. The van der Waals surface area contributed by atoms with Gasteiger partial charge in [0, 0.05) is 6.04 Å². The fourth-order valence-corrected chi connectivity index (χ4v) is 4.57. The maximum Gasteiger partial charge on any atom is 0.331 e. The van der Waals surface area contributed by atoms with Gasteiger partial charge in [-0.3, -0.25) is 19.8 Å². The number of nitrogens with one attached hydrogen (secondary N) is 1. The molecule has 1 aliphatic heterocycles. The topological polar surface area (TPSA) is 75.7 Å². The number of fused-ring (bicyclic) bond motifs is 1. The molecular weight excluding hydrogens is 416 g/mol. The van der Waals surface area contributed by atoms with Crippen molar-refractivity contribution in [2.45, 2.75) is 38.3 Å². The van der Waals surface area contributed by atoms with Crippen molar-refractivity contribution in [1.29, 1.82) is 0 Å². The van der Waals surface area contributed by atoms with E-state index in [4.69, 9.17) is 4.74 Å². The van der Waals surface area contributed by atoms with Gasteiger partial charge in [-0.05, 0) is 52.9 Å². The van der Waals surface area contributed by atoms with Crippen LogP contribution in [0.3, 0.4) is 0 Å². The highest BCUT2D eigenvalue weighted by atomic mass is 16.5. The van der Waals surface area contributed by atoms with Crippen molar-refractivity contribution < 1.29 is 19.1 Å². The maximum absolute atomic E-state index is 12.9. The van der Waals surface area contributed by atoms with Crippen LogP contribution in [0.2, 0.25) is 0 Å². The molecule has 0 bridgehead atoms. The summed E-state index contributed by atoms with van der Waals surface area (Å²) < 4.78 is 5.97. The molecule has 0 spiro atoms. The number of carbonyl (C=O) groups is 3. The molecule has 1 aliphatic carbocycles. The molecule has 6 nitrogen and oxygen atoms in total. The molecule has 1 heterocycles. The SMILES string of the molecule is O=C1NC(=O)N(C2CCCC2)C(=O)/C1=C/c1ccc(OCc2cccc3ccccc23)cc1. The smallest absolute Gasteiger partial charge is 0.331 e. The second-order valence-electron chi connectivity index (χ2n) is 8.43. The average Bonchev–Trinajstić information content (AvgIpc) is 3.35. The van der Waals surface area contributed by atoms with Crippen LogP contribution in [0, 0.1) is 0 Å². The third-order valence-corrected chi connectivity index (χ3v) is 6.29. The van der Waals surface area contributed by atoms with Crippen molar-refractivity contribution in [3.8, 4) is 5.75 Å². The van der Waals surface area contributed by atoms with Crippen LogP contribution in [0.4, 0.5) is 4.79 Å². The highest BCUT2D eigenvalue weighted by molar-refractivity contribution is 6.31. The van der Waals surface area contributed by atoms with Gasteiger partial charge in [0.15, 0.2) is 0 Å². The van der Waals surface area contributed by atoms with Crippen LogP contribution < -0.4 is 10.1 Å². The number of imide groups is 2. The van der Waals surface area contributed by atoms with E-state index in [1.807, 2.05) is 36.4 Å². The second kappa shape index (κ2) is 8.90. The van der Waals surface area contributed by atoms with Crippen molar-refractivity contribution in [2.75, 3.05) is 0 Å². The monoisotopic (exact) mass is 440 g/mol. The molecule has 0 aromatic heterocycles. The van der Waals surface area contributed by atoms with Crippen molar-refractivity contribution in [1.82, 2.24) is 10.2 Å². The van der Waals surface area contributed by atoms with Gasteiger partial charge in [0.05, 0.1) is 0 Å². The summed E-state index contributed by atoms with van der Waals surface area (Å²) in [5.74, 6) is -0.491. The van der Waals surface area contributed by atoms with Crippen molar-refractivity contribution in [2.24, 2.45) is 0 Å². The largest absolute Gasteiger partial charge is 0.489 e. The number of ether oxygens (including phenoxy) is 1. The summed E-state index contributed by atoms with van der Waals surface area (Å²) >= 11 is 0. The minimum absolute atomic E-state index is 0.0223. The molecular formula is C27H24N2O4. The summed E-state index contributed by atoms with van der Waals surface area (Å²) in [6.45, 7) is 0.432. The molecule has 0 unspecified atom stereocenters. The molecule has 166 valence electrons. The van der Waals surface area contributed by atoms with Crippen LogP contribution in [-0.4, -0.2) is 28.8 Å². The van der Waals surface area contributed by atoms with E-state index >= 15 is 0 Å². The van der Waals surface area contributed by atoms with Crippen LogP contribution in [0.1, 0.15) is 36.8 Å². The Labute approximate surface area is 191 Å². The first kappa shape index (κ1) is 20.9. The van der Waals surface area contributed by atoms with Gasteiger partial charge in [-0.2, -0.15) is 0 Å². The van der Waals surface area contributed by atoms with E-state index in [-0.39, 0.29) is 11.6 Å². The average molecular weight is 440 g/mol. The molecule has 2 fully saturated rings. The number of carbonyl (C=O) groups excluding carboxylic acids is 3. The van der Waals surface area contributed by atoms with Gasteiger partial charge in [0.25, 0.3) is 11.8 Å². The zero-order valence-corrected chi connectivity index (χ0v) is 18.1. The van der Waals surface area contributed by atoms with Crippen LogP contribution >= 0.6 is 0 Å². The number of amides is 4. The molecule has 3 aromatic rings. The predicted octanol–water partition coefficient (Wildman–Crippen LogP) is 4.82. The fourth-order valence-electron chi connectivity index (χ4n) is 4.57. The zero-order chi connectivity index (χ0) is 22.8. The number of benzene rings is 3. The minimum Gasteiger partial charge on any atom is -0.489 e. The quantitative estimate of drug-likeness (QED) is 0.456. The highest BCUT2D eigenvalue weighted by Gasteiger charge is 2.40. The standard InChI is InChI=1S/C27H24N2O4/c30-25-24(26(31)29(27(32)28-25)21-9-2-3-10-21)16-18-12-14-22(15-13-18)33-17-20-8-5-7-19-6-1-4-11-23(19)20/h1,4-8,11-16,21H,2-3,9-10,17H2,(H,28,30,32)/b24-16+. The number of nitrogens with zero attached hydrogens (tertiary/aromatic N) is 1. The number of hydrogen-bond acceptors (Lipinski definition) is 4. The first-order chi connectivity index (χ1) is 16.1. The molecule has 4 amide bonds. The first-order valence-electron chi connectivity index (χ1n) is 11.2. The summed E-state index contributed by atoms with van der Waals surface area (Å²) in [5.41, 5.74) is 1.76. The molecule has 5 rings (SSSR count). The Morgan fingerprint density at radius 2 is 1.64 bits per heavy atom. The van der Waals surface area contributed by atoms with Crippen LogP contribution in [-0.2, 0) is 16.2 Å². The van der Waals surface area contributed by atoms with E-state index in [1.54, 1.807) is 12.1 Å². The van der Waals surface area contributed by atoms with Gasteiger partial charge in [-0.25, -0.2) is 4.79 Å². The Morgan fingerprint density at radius 1 is 0.909 bits per heavy atom. The fraction of sp³-hybridized carbons (Fsp3) is 0.222. The van der Waals surface area contributed by atoms with Gasteiger partial charge < -0.3 is 4.74 Å². The number of barbiturate groups is 1. The Kier molecular flexibility index (Phi) is 5.65. The third kappa shape index (κ3) is 4.24. The summed E-state index contributed by atoms with van der Waals surface area (Å²) in [6, 6.07) is 20.8. The van der Waals surface area contributed by atoms with Gasteiger partial charge >= 0.3 is 6.03 Å². The van der Waals surface area contributed by atoms with Gasteiger partial charge in [0.2, 0.25) is 0 Å². The maximum atomic E-state index is 12.9. The number of hydrogen-bond donors (Lipinski definition) is 1. The van der Waals surface area contributed by atoms with E-state index in [1.165, 1.54) is 16.4 Å². The van der Waals surface area contributed by atoms with Gasteiger partial charge in [-0.15, -0.1) is 0 Å². The van der Waals surface area contributed by atoms with Crippen LogP contribution in [0.15, 0.2) is 72.3 Å². The molecule has 33 heavy (non-hydrogen) atoms. The van der Waals surface area contributed by atoms with Crippen molar-refractivity contribution in [3.63, 3.8) is 0 Å². The van der Waals surface area contributed by atoms with E-state index in [2.05, 4.69) is 23.5 Å². The summed E-state index contributed by atoms with van der Waals surface area (Å²) in [5, 5.41) is 4.63. The summed E-state index contributed by atoms with van der Waals surface area (Å²) in [7, 11) is 0. The Morgan fingerprint density at radius 3 is 2.42 bits per heavy atom. The molecule has 6 heteroatoms. The van der Waals surface area contributed by atoms with Crippen molar-refractivity contribution in [3.05, 3.63) is 83.4 Å². The van der Waals surface area contributed by atoms with E-state index < -0.39 is 17.8 Å². The molecule has 1 saturated carbocycles. The Balaban J connectivity index is 1.31. The van der Waals surface area contributed by atoms with E-state index in [0.717, 1.165) is 36.6 Å². The van der Waals surface area contributed by atoms with Crippen molar-refractivity contribution >= 4 is 34.7 Å². The lowest BCUT2D eigenvalue weighted by atomic mass is 10.0. The number of urea groups is 1. The summed E-state index contributed by atoms with van der Waals surface area (Å²) in [6.07, 6.45) is 5.05. The Hall–Kier alpha value is -3.93. The molecule has 3 aromatic carbocycles. The van der Waals surface area contributed by atoms with Crippen LogP contribution in [0.25, 0.3) is 16.8 Å². The molecule has 0 atom stereocenters. The molecule has 1 N–H and O–H groups in total. The predicted molar refractivity (Wildman–Crippen MR) is 125 cm³/mol. The van der Waals surface area contributed by atoms with Gasteiger partial charge in [-0.1, -0.05) is 67.4 Å². The molecule has 2 aliphatic rings. The zero-order valence-electron chi connectivity index (χ0n) is 18.1. The molecule has 0 radical (unpaired) electrons. The van der Waals surface area contributed by atoms with E-state index in [9.17, 15) is 14.4 Å². The highest BCUT2D eigenvalue weighted by Crippen LogP contribution is 2.27. The lowest BCUT2D eigenvalue weighted by Crippen LogP contribution is -2.57. The molecule has 1 saturated heterocycles. The third-order valence-electron chi connectivity index (χ3n) is 6.29. The second-order valence-corrected chi connectivity index (χ2v) is 8.43. The Bertz CT molecular complexity index is 1250. The first-order valence-corrected chi connectivity index (χ1v) is 11.2. The van der Waals surface area contributed by atoms with E-state index in [0.29, 0.717) is 17.9 Å².